The Kier molecular flexibility index (Phi) is 4.12. The van der Waals surface area contributed by atoms with Gasteiger partial charge in [0.15, 0.2) is 0 Å². The van der Waals surface area contributed by atoms with Crippen LogP contribution < -0.4 is 9.47 Å². The van der Waals surface area contributed by atoms with Crippen molar-refractivity contribution in [1.82, 2.24) is 0 Å². The maximum Gasteiger partial charge on any atom is 0.204 e. The Morgan fingerprint density at radius 2 is 1.23 bits per heavy atom. The summed E-state index contributed by atoms with van der Waals surface area (Å²) >= 11 is 0. The highest BCUT2D eigenvalue weighted by Gasteiger charge is 2.24. The van der Waals surface area contributed by atoms with Gasteiger partial charge in [-0.3, -0.25) is 4.79 Å². The Hall–Kier alpha value is -2.89. The third-order valence-corrected chi connectivity index (χ3v) is 3.28. The average Bonchev–Trinajstić information content (AvgIpc) is 2.45. The molecule has 0 aliphatic carbocycles. The first-order valence-corrected chi connectivity index (χ1v) is 6.41. The van der Waals surface area contributed by atoms with Crippen LogP contribution in [0.15, 0.2) is 24.3 Å². The van der Waals surface area contributed by atoms with Crippen LogP contribution in [0.5, 0.6) is 28.7 Å². The van der Waals surface area contributed by atoms with E-state index in [9.17, 15) is 20.1 Å². The molecule has 0 atom stereocenters. The molecular formula is C16H16O6. The van der Waals surface area contributed by atoms with Gasteiger partial charge in [-0.15, -0.1) is 0 Å². The first kappa shape index (κ1) is 15.5. The molecule has 0 aliphatic rings. The van der Waals surface area contributed by atoms with Gasteiger partial charge in [-0.25, -0.2) is 0 Å². The summed E-state index contributed by atoms with van der Waals surface area (Å²) in [6, 6.07) is 5.29. The second-order valence-electron chi connectivity index (χ2n) is 4.71. The summed E-state index contributed by atoms with van der Waals surface area (Å²) in [5.74, 6) is -1.25. The van der Waals surface area contributed by atoms with Crippen LogP contribution in [0.2, 0.25) is 0 Å². The molecule has 3 N–H and O–H groups in total. The molecule has 116 valence electrons. The molecule has 0 radical (unpaired) electrons. The molecule has 0 saturated carbocycles. The van der Waals surface area contributed by atoms with Crippen LogP contribution in [0.3, 0.4) is 0 Å². The fourth-order valence-corrected chi connectivity index (χ4v) is 2.21. The lowest BCUT2D eigenvalue weighted by Gasteiger charge is -2.13. The van der Waals surface area contributed by atoms with Crippen LogP contribution in [0.25, 0.3) is 0 Å². The van der Waals surface area contributed by atoms with E-state index in [0.717, 1.165) is 0 Å². The number of hydrogen-bond donors (Lipinski definition) is 3. The lowest BCUT2D eigenvalue weighted by atomic mass is 9.96. The molecule has 0 fully saturated rings. The van der Waals surface area contributed by atoms with Crippen LogP contribution in [-0.4, -0.2) is 35.3 Å². The number of phenolic OH excluding ortho intramolecular Hbond substituents is 3. The van der Waals surface area contributed by atoms with Crippen molar-refractivity contribution in [2.75, 3.05) is 14.2 Å². The van der Waals surface area contributed by atoms with Crippen molar-refractivity contribution in [3.05, 3.63) is 41.0 Å². The number of aryl methyl sites for hydroxylation is 1. The average molecular weight is 304 g/mol. The monoisotopic (exact) mass is 304 g/mol. The van der Waals surface area contributed by atoms with E-state index in [1.807, 2.05) is 0 Å². The molecule has 6 nitrogen and oxygen atoms in total. The van der Waals surface area contributed by atoms with Crippen molar-refractivity contribution in [3.63, 3.8) is 0 Å². The van der Waals surface area contributed by atoms with Crippen molar-refractivity contribution < 1.29 is 29.6 Å². The summed E-state index contributed by atoms with van der Waals surface area (Å²) in [5, 5.41) is 29.9. The topological polar surface area (TPSA) is 96.2 Å². The zero-order chi connectivity index (χ0) is 16.4. The molecule has 0 unspecified atom stereocenters. The maximum atomic E-state index is 12.6. The molecule has 0 saturated heterocycles. The van der Waals surface area contributed by atoms with Crippen LogP contribution in [-0.2, 0) is 0 Å². The predicted molar refractivity (Wildman–Crippen MR) is 79.2 cm³/mol. The molecule has 0 amide bonds. The molecule has 0 bridgehead atoms. The molecule has 6 heteroatoms. The lowest BCUT2D eigenvalue weighted by molar-refractivity contribution is 0.103. The fraction of sp³-hybridized carbons (Fsp3) is 0.188. The number of ketones is 1. The molecule has 0 aromatic heterocycles. The Labute approximate surface area is 127 Å². The minimum absolute atomic E-state index is 0.0171. The molecule has 2 aromatic rings. The van der Waals surface area contributed by atoms with E-state index in [1.165, 1.54) is 32.4 Å². The molecule has 0 heterocycles. The zero-order valence-electron chi connectivity index (χ0n) is 12.4. The third-order valence-electron chi connectivity index (χ3n) is 3.28. The molecule has 0 aliphatic heterocycles. The molecule has 2 rings (SSSR count). The lowest BCUT2D eigenvalue weighted by Crippen LogP contribution is -2.06. The number of methoxy groups -OCH3 is 2. The zero-order valence-corrected chi connectivity index (χ0v) is 12.4. The van der Waals surface area contributed by atoms with Crippen LogP contribution in [0.1, 0.15) is 21.5 Å². The van der Waals surface area contributed by atoms with E-state index in [2.05, 4.69) is 0 Å². The standard InChI is InChI=1S/C16H16O6/c1-8-4-9(21-2)5-11(17)14(8)16(20)15-12(18)6-10(22-3)7-13(15)19/h4-7,17-19H,1-3H3. The maximum absolute atomic E-state index is 12.6. The third kappa shape index (κ3) is 2.63. The minimum Gasteiger partial charge on any atom is -0.507 e. The van der Waals surface area contributed by atoms with Gasteiger partial charge in [0.05, 0.1) is 19.8 Å². The van der Waals surface area contributed by atoms with Gasteiger partial charge in [-0.2, -0.15) is 0 Å². The van der Waals surface area contributed by atoms with Gasteiger partial charge in [-0.05, 0) is 18.6 Å². The van der Waals surface area contributed by atoms with E-state index in [0.29, 0.717) is 11.3 Å². The van der Waals surface area contributed by atoms with Gasteiger partial charge in [0.25, 0.3) is 0 Å². The number of carbonyl (C=O) groups is 1. The molecule has 22 heavy (non-hydrogen) atoms. The second-order valence-corrected chi connectivity index (χ2v) is 4.71. The molecule has 0 spiro atoms. The summed E-state index contributed by atoms with van der Waals surface area (Å²) in [5.41, 5.74) is 0.136. The second kappa shape index (κ2) is 5.85. The van der Waals surface area contributed by atoms with Crippen molar-refractivity contribution in [2.24, 2.45) is 0 Å². The van der Waals surface area contributed by atoms with E-state index in [4.69, 9.17) is 9.47 Å². The van der Waals surface area contributed by atoms with Gasteiger partial charge in [0, 0.05) is 18.2 Å². The molecular weight excluding hydrogens is 288 g/mol. The fourth-order valence-electron chi connectivity index (χ4n) is 2.21. The Morgan fingerprint density at radius 3 is 1.64 bits per heavy atom. The van der Waals surface area contributed by atoms with Crippen LogP contribution >= 0.6 is 0 Å². The minimum atomic E-state index is -0.699. The van der Waals surface area contributed by atoms with Crippen molar-refractivity contribution >= 4 is 5.78 Å². The largest absolute Gasteiger partial charge is 0.507 e. The quantitative estimate of drug-likeness (QED) is 0.750. The van der Waals surface area contributed by atoms with E-state index in [-0.39, 0.29) is 22.6 Å². The predicted octanol–water partition coefficient (Wildman–Crippen LogP) is 2.36. The van der Waals surface area contributed by atoms with Gasteiger partial charge in [0.1, 0.15) is 34.3 Å². The number of phenols is 3. The smallest absolute Gasteiger partial charge is 0.204 e. The Morgan fingerprint density at radius 1 is 0.818 bits per heavy atom. The summed E-state index contributed by atoms with van der Waals surface area (Å²) in [7, 11) is 2.81. The van der Waals surface area contributed by atoms with E-state index in [1.54, 1.807) is 13.0 Å². The Balaban J connectivity index is 2.59. The summed E-state index contributed by atoms with van der Waals surface area (Å²) in [6.45, 7) is 1.62. The number of aromatic hydroxyl groups is 3. The summed E-state index contributed by atoms with van der Waals surface area (Å²) < 4.78 is 9.90. The molecule has 2 aromatic carbocycles. The van der Waals surface area contributed by atoms with Gasteiger partial charge in [0.2, 0.25) is 5.78 Å². The highest BCUT2D eigenvalue weighted by molar-refractivity contribution is 6.14. The number of benzene rings is 2. The van der Waals surface area contributed by atoms with Gasteiger partial charge >= 0.3 is 0 Å². The summed E-state index contributed by atoms with van der Waals surface area (Å²) in [6.07, 6.45) is 0. The van der Waals surface area contributed by atoms with Gasteiger partial charge in [-0.1, -0.05) is 0 Å². The van der Waals surface area contributed by atoms with Crippen LogP contribution in [0.4, 0.5) is 0 Å². The van der Waals surface area contributed by atoms with Crippen molar-refractivity contribution in [2.45, 2.75) is 6.92 Å². The van der Waals surface area contributed by atoms with Crippen molar-refractivity contribution in [3.8, 4) is 28.7 Å². The van der Waals surface area contributed by atoms with E-state index >= 15 is 0 Å². The van der Waals surface area contributed by atoms with Crippen molar-refractivity contribution in [1.29, 1.82) is 0 Å². The summed E-state index contributed by atoms with van der Waals surface area (Å²) in [4.78, 5) is 12.6. The Bertz CT molecular complexity index is 628. The van der Waals surface area contributed by atoms with Crippen LogP contribution in [0, 0.1) is 6.92 Å². The number of hydrogen-bond acceptors (Lipinski definition) is 6. The normalized spacial score (nSPS) is 10.3. The highest BCUT2D eigenvalue weighted by Crippen LogP contribution is 2.37. The first-order valence-electron chi connectivity index (χ1n) is 6.41. The number of rotatable bonds is 4. The number of ether oxygens (including phenoxy) is 2. The highest BCUT2D eigenvalue weighted by atomic mass is 16.5. The van der Waals surface area contributed by atoms with E-state index < -0.39 is 17.3 Å². The van der Waals surface area contributed by atoms with Gasteiger partial charge < -0.3 is 24.8 Å². The number of carbonyl (C=O) groups excluding carboxylic acids is 1. The first-order chi connectivity index (χ1) is 10.4. The SMILES string of the molecule is COc1cc(C)c(C(=O)c2c(O)cc(OC)cc2O)c(O)c1.